The number of anilines is 1. The summed E-state index contributed by atoms with van der Waals surface area (Å²) in [6.07, 6.45) is -7.90. The van der Waals surface area contributed by atoms with Gasteiger partial charge < -0.3 is 35.3 Å². The van der Waals surface area contributed by atoms with Crippen molar-refractivity contribution in [3.63, 3.8) is 0 Å². The van der Waals surface area contributed by atoms with E-state index in [2.05, 4.69) is 16.0 Å². The molecule has 0 aliphatic heterocycles. The first-order chi connectivity index (χ1) is 21.8. The Balaban J connectivity index is 2.49. The van der Waals surface area contributed by atoms with E-state index in [4.69, 9.17) is 14.2 Å². The standard InChI is InChI=1S/C30H37F3N4O10/c1-17(2)25(26(42)30(31,32)33)35-24(41)13-37-23(21-9-7-6-8-10-21)12-11-22(27(37)43)34-28(44)36-29(14-45-18(3)38,15-46-19(4)39)16-47-20(5)40/h6-12,17,25-26,42H,13-16H2,1-5H3,(H,35,41)(H2,34,36,44). The van der Waals surface area contributed by atoms with Gasteiger partial charge in [-0.25, -0.2) is 4.79 Å². The van der Waals surface area contributed by atoms with Crippen LogP contribution >= 0.6 is 0 Å². The summed E-state index contributed by atoms with van der Waals surface area (Å²) in [5, 5.41) is 16.7. The average molecular weight is 671 g/mol. The monoisotopic (exact) mass is 670 g/mol. The summed E-state index contributed by atoms with van der Waals surface area (Å²) in [7, 11) is 0. The van der Waals surface area contributed by atoms with Crippen molar-refractivity contribution in [1.29, 1.82) is 0 Å². The molecule has 3 amide bonds. The van der Waals surface area contributed by atoms with Crippen LogP contribution in [0.4, 0.5) is 23.7 Å². The second-order valence-electron chi connectivity index (χ2n) is 10.9. The molecule has 1 aromatic heterocycles. The lowest BCUT2D eigenvalue weighted by Gasteiger charge is -2.32. The first kappa shape index (κ1) is 38.3. The number of alkyl halides is 3. The molecule has 0 aliphatic rings. The number of aliphatic hydroxyl groups excluding tert-OH is 1. The molecule has 0 spiro atoms. The van der Waals surface area contributed by atoms with Crippen molar-refractivity contribution < 1.29 is 56.5 Å². The van der Waals surface area contributed by atoms with E-state index in [0.717, 1.165) is 25.3 Å². The van der Waals surface area contributed by atoms with Crippen LogP contribution in [-0.2, 0) is 39.9 Å². The van der Waals surface area contributed by atoms with Crippen LogP contribution < -0.4 is 21.5 Å². The number of hydrogen-bond acceptors (Lipinski definition) is 10. The molecule has 0 radical (unpaired) electrons. The van der Waals surface area contributed by atoms with Crippen molar-refractivity contribution in [2.45, 2.75) is 65.0 Å². The lowest BCUT2D eigenvalue weighted by Crippen LogP contribution is -2.60. The molecular weight excluding hydrogens is 633 g/mol. The van der Waals surface area contributed by atoms with Crippen LogP contribution in [0.5, 0.6) is 0 Å². The molecule has 2 rings (SSSR count). The zero-order valence-corrected chi connectivity index (χ0v) is 26.3. The van der Waals surface area contributed by atoms with Gasteiger partial charge in [-0.05, 0) is 23.6 Å². The van der Waals surface area contributed by atoms with Crippen molar-refractivity contribution >= 4 is 35.5 Å². The van der Waals surface area contributed by atoms with Crippen LogP contribution in [0.25, 0.3) is 11.3 Å². The van der Waals surface area contributed by atoms with Crippen molar-refractivity contribution in [3.05, 3.63) is 52.8 Å². The van der Waals surface area contributed by atoms with Gasteiger partial charge in [0.25, 0.3) is 5.56 Å². The van der Waals surface area contributed by atoms with Gasteiger partial charge in [0, 0.05) is 20.8 Å². The molecule has 0 saturated carbocycles. The van der Waals surface area contributed by atoms with Gasteiger partial charge in [-0.2, -0.15) is 13.2 Å². The minimum Gasteiger partial charge on any atom is -0.463 e. The number of pyridine rings is 1. The third-order valence-electron chi connectivity index (χ3n) is 6.55. The van der Waals surface area contributed by atoms with E-state index in [1.807, 2.05) is 0 Å². The van der Waals surface area contributed by atoms with E-state index in [9.17, 15) is 47.0 Å². The second kappa shape index (κ2) is 16.6. The van der Waals surface area contributed by atoms with Gasteiger partial charge >= 0.3 is 30.1 Å². The van der Waals surface area contributed by atoms with E-state index >= 15 is 0 Å². The van der Waals surface area contributed by atoms with Gasteiger partial charge in [0.05, 0.1) is 11.7 Å². The highest BCUT2D eigenvalue weighted by molar-refractivity contribution is 5.90. The summed E-state index contributed by atoms with van der Waals surface area (Å²) in [5.41, 5.74) is -2.52. The summed E-state index contributed by atoms with van der Waals surface area (Å²) in [6.45, 7) is 3.30. The predicted octanol–water partition coefficient (Wildman–Crippen LogP) is 2.13. The summed E-state index contributed by atoms with van der Waals surface area (Å²) >= 11 is 0. The topological polar surface area (TPSA) is 191 Å². The number of aromatic nitrogens is 1. The maximum absolute atomic E-state index is 13.7. The van der Waals surface area contributed by atoms with Crippen LogP contribution in [0, 0.1) is 5.92 Å². The van der Waals surface area contributed by atoms with Crippen LogP contribution in [0.15, 0.2) is 47.3 Å². The molecule has 0 fully saturated rings. The van der Waals surface area contributed by atoms with Gasteiger partial charge in [-0.1, -0.05) is 44.2 Å². The molecule has 0 bridgehead atoms. The number of nitrogens with zero attached hydrogens (tertiary/aromatic N) is 1. The molecule has 47 heavy (non-hydrogen) atoms. The Morgan fingerprint density at radius 1 is 0.851 bits per heavy atom. The Bertz CT molecular complexity index is 1450. The fraction of sp³-hybridized carbons (Fsp3) is 0.467. The predicted molar refractivity (Wildman–Crippen MR) is 160 cm³/mol. The third-order valence-corrected chi connectivity index (χ3v) is 6.55. The van der Waals surface area contributed by atoms with E-state index in [1.165, 1.54) is 26.0 Å². The molecule has 2 atom stereocenters. The smallest absolute Gasteiger partial charge is 0.416 e. The Kier molecular flexibility index (Phi) is 13.5. The normalized spacial score (nSPS) is 12.8. The highest BCUT2D eigenvalue weighted by Gasteiger charge is 2.45. The van der Waals surface area contributed by atoms with Crippen LogP contribution in [0.1, 0.15) is 34.6 Å². The second-order valence-corrected chi connectivity index (χ2v) is 10.9. The van der Waals surface area contributed by atoms with Gasteiger partial charge in [0.1, 0.15) is 37.6 Å². The Morgan fingerprint density at radius 3 is 1.81 bits per heavy atom. The van der Waals surface area contributed by atoms with Gasteiger partial charge in [0.15, 0.2) is 6.10 Å². The Morgan fingerprint density at radius 2 is 1.36 bits per heavy atom. The van der Waals surface area contributed by atoms with E-state index < -0.39 is 97.2 Å². The maximum Gasteiger partial charge on any atom is 0.416 e. The Hall–Kier alpha value is -4.93. The summed E-state index contributed by atoms with van der Waals surface area (Å²) in [4.78, 5) is 74.5. The number of nitrogens with one attached hydrogen (secondary N) is 3. The zero-order chi connectivity index (χ0) is 35.5. The van der Waals surface area contributed by atoms with Crippen molar-refractivity contribution in [2.24, 2.45) is 5.92 Å². The SMILES string of the molecule is CC(=O)OCC(COC(C)=O)(COC(C)=O)NC(=O)Nc1ccc(-c2ccccc2)n(CC(=O)NC(C(C)C)C(O)C(F)(F)F)c1=O. The van der Waals surface area contributed by atoms with Crippen molar-refractivity contribution in [3.8, 4) is 11.3 Å². The minimum absolute atomic E-state index is 0.170. The van der Waals surface area contributed by atoms with Crippen LogP contribution in [0.3, 0.4) is 0 Å². The number of esters is 3. The molecule has 0 saturated heterocycles. The molecule has 2 unspecified atom stereocenters. The van der Waals surface area contributed by atoms with Crippen LogP contribution in [-0.4, -0.2) is 83.2 Å². The van der Waals surface area contributed by atoms with Crippen molar-refractivity contribution in [2.75, 3.05) is 25.1 Å². The number of carbonyl (C=O) groups excluding carboxylic acids is 5. The summed E-state index contributed by atoms with van der Waals surface area (Å²) in [5.74, 6) is -4.20. The fourth-order valence-electron chi connectivity index (χ4n) is 4.23. The quantitative estimate of drug-likeness (QED) is 0.171. The van der Waals surface area contributed by atoms with Gasteiger partial charge in [-0.15, -0.1) is 0 Å². The highest BCUT2D eigenvalue weighted by atomic mass is 19.4. The number of hydrogen-bond donors (Lipinski definition) is 4. The number of aliphatic hydroxyl groups is 1. The molecule has 2 aromatic rings. The number of carbonyl (C=O) groups is 5. The average Bonchev–Trinajstić information content (AvgIpc) is 2.98. The number of urea groups is 1. The molecule has 14 nitrogen and oxygen atoms in total. The van der Waals surface area contributed by atoms with E-state index in [-0.39, 0.29) is 5.69 Å². The van der Waals surface area contributed by atoms with E-state index in [0.29, 0.717) is 5.56 Å². The minimum atomic E-state index is -5.03. The first-order valence-electron chi connectivity index (χ1n) is 14.2. The number of rotatable bonds is 14. The maximum atomic E-state index is 13.7. The zero-order valence-electron chi connectivity index (χ0n) is 26.3. The summed E-state index contributed by atoms with van der Waals surface area (Å²) in [6, 6.07) is 7.97. The lowest BCUT2D eigenvalue weighted by molar-refractivity contribution is -0.215. The molecule has 1 heterocycles. The number of ether oxygens (including phenoxy) is 3. The van der Waals surface area contributed by atoms with Gasteiger partial charge in [-0.3, -0.25) is 28.5 Å². The Labute approximate surface area is 267 Å². The number of amides is 3. The largest absolute Gasteiger partial charge is 0.463 e. The molecule has 0 aliphatic carbocycles. The fourth-order valence-corrected chi connectivity index (χ4v) is 4.23. The lowest BCUT2D eigenvalue weighted by atomic mass is 9.98. The molecule has 258 valence electrons. The number of halogens is 3. The molecular formula is C30H37F3N4O10. The van der Waals surface area contributed by atoms with E-state index in [1.54, 1.807) is 30.3 Å². The third kappa shape index (κ3) is 11.7. The van der Waals surface area contributed by atoms with Crippen LogP contribution in [0.2, 0.25) is 0 Å². The summed E-state index contributed by atoms with van der Waals surface area (Å²) < 4.78 is 55.7. The molecule has 4 N–H and O–H groups in total. The number of benzene rings is 1. The molecule has 1 aromatic carbocycles. The highest BCUT2D eigenvalue weighted by Crippen LogP contribution is 2.26. The van der Waals surface area contributed by atoms with Gasteiger partial charge in [0.2, 0.25) is 5.91 Å². The molecule has 17 heteroatoms. The first-order valence-corrected chi connectivity index (χ1v) is 14.2. The van der Waals surface area contributed by atoms with Crippen molar-refractivity contribution in [1.82, 2.24) is 15.2 Å².